The van der Waals surface area contributed by atoms with E-state index in [9.17, 15) is 5.11 Å². The lowest BCUT2D eigenvalue weighted by molar-refractivity contribution is 0.469. The molecular formula is C11H14BrNO. The molecule has 0 radical (unpaired) electrons. The molecule has 1 rings (SSSR count). The Labute approximate surface area is 92.6 Å². The van der Waals surface area contributed by atoms with Gasteiger partial charge in [-0.05, 0) is 25.5 Å². The molecule has 0 fully saturated rings. The number of nitrogens with two attached hydrogens (primary N) is 1. The van der Waals surface area contributed by atoms with Crippen molar-refractivity contribution >= 4 is 22.0 Å². The Balaban J connectivity index is 3.29. The molecule has 0 aliphatic heterocycles. The van der Waals surface area contributed by atoms with E-state index in [0.717, 1.165) is 21.2 Å². The summed E-state index contributed by atoms with van der Waals surface area (Å²) in [6, 6.07) is 1.99. The summed E-state index contributed by atoms with van der Waals surface area (Å²) in [5, 5.41) is 9.86. The third-order valence-corrected chi connectivity index (χ3v) is 2.98. The summed E-state index contributed by atoms with van der Waals surface area (Å²) in [5.74, 6) is 0.321. The first-order chi connectivity index (χ1) is 6.57. The molecule has 0 aromatic heterocycles. The number of hydrogen-bond donors (Lipinski definition) is 2. The molecule has 3 heteroatoms. The molecule has 0 saturated carbocycles. The minimum atomic E-state index is 0.321. The van der Waals surface area contributed by atoms with Gasteiger partial charge >= 0.3 is 0 Å². The second-order valence-corrected chi connectivity index (χ2v) is 4.05. The van der Waals surface area contributed by atoms with Crippen LogP contribution >= 0.6 is 15.9 Å². The molecule has 0 aliphatic carbocycles. The number of hydrogen-bond acceptors (Lipinski definition) is 2. The Kier molecular flexibility index (Phi) is 3.72. The van der Waals surface area contributed by atoms with Gasteiger partial charge in [-0.25, -0.2) is 0 Å². The number of phenols is 1. The SMILES string of the molecule is Cc1cc(Br)c(C)c(O)c1/C=C/CN. The Morgan fingerprint density at radius 1 is 1.50 bits per heavy atom. The van der Waals surface area contributed by atoms with Crippen LogP contribution in [0.3, 0.4) is 0 Å². The lowest BCUT2D eigenvalue weighted by atomic mass is 10.0. The second-order valence-electron chi connectivity index (χ2n) is 3.20. The monoisotopic (exact) mass is 255 g/mol. The molecule has 2 nitrogen and oxygen atoms in total. The van der Waals surface area contributed by atoms with Gasteiger partial charge in [0.2, 0.25) is 0 Å². The van der Waals surface area contributed by atoms with Crippen LogP contribution in [0.5, 0.6) is 5.75 Å². The van der Waals surface area contributed by atoms with E-state index in [1.165, 1.54) is 0 Å². The lowest BCUT2D eigenvalue weighted by Crippen LogP contribution is -1.93. The molecule has 0 aliphatic rings. The van der Waals surface area contributed by atoms with Crippen molar-refractivity contribution in [3.05, 3.63) is 33.3 Å². The maximum atomic E-state index is 9.86. The van der Waals surface area contributed by atoms with Crippen molar-refractivity contribution in [3.8, 4) is 5.75 Å². The van der Waals surface area contributed by atoms with Crippen LogP contribution < -0.4 is 5.73 Å². The second kappa shape index (κ2) is 4.62. The molecular weight excluding hydrogens is 242 g/mol. The van der Waals surface area contributed by atoms with Crippen molar-refractivity contribution in [2.75, 3.05) is 6.54 Å². The van der Waals surface area contributed by atoms with Gasteiger partial charge in [0.15, 0.2) is 0 Å². The molecule has 0 unspecified atom stereocenters. The predicted octanol–water partition coefficient (Wildman–Crippen LogP) is 2.74. The van der Waals surface area contributed by atoms with Crippen LogP contribution in [0.1, 0.15) is 16.7 Å². The highest BCUT2D eigenvalue weighted by Gasteiger charge is 2.08. The Morgan fingerprint density at radius 2 is 2.14 bits per heavy atom. The first-order valence-corrected chi connectivity index (χ1v) is 5.22. The Bertz CT molecular complexity index is 372. The van der Waals surface area contributed by atoms with Crippen LogP contribution in [0.15, 0.2) is 16.6 Å². The minimum Gasteiger partial charge on any atom is -0.507 e. The number of aryl methyl sites for hydroxylation is 1. The quantitative estimate of drug-likeness (QED) is 0.854. The van der Waals surface area contributed by atoms with E-state index >= 15 is 0 Å². The predicted molar refractivity (Wildman–Crippen MR) is 63.4 cm³/mol. The van der Waals surface area contributed by atoms with E-state index in [1.54, 1.807) is 0 Å². The van der Waals surface area contributed by atoms with Gasteiger partial charge in [-0.3, -0.25) is 0 Å². The molecule has 0 atom stereocenters. The fraction of sp³-hybridized carbons (Fsp3) is 0.273. The number of rotatable bonds is 2. The van der Waals surface area contributed by atoms with Crippen LogP contribution in [0.4, 0.5) is 0 Å². The molecule has 0 spiro atoms. The fourth-order valence-corrected chi connectivity index (χ4v) is 1.81. The van der Waals surface area contributed by atoms with Gasteiger partial charge in [-0.15, -0.1) is 0 Å². The third-order valence-electron chi connectivity index (χ3n) is 2.16. The van der Waals surface area contributed by atoms with Crippen LogP contribution in [0.2, 0.25) is 0 Å². The highest BCUT2D eigenvalue weighted by Crippen LogP contribution is 2.32. The first kappa shape index (κ1) is 11.3. The van der Waals surface area contributed by atoms with E-state index in [0.29, 0.717) is 12.3 Å². The van der Waals surface area contributed by atoms with Crippen molar-refractivity contribution in [2.24, 2.45) is 5.73 Å². The van der Waals surface area contributed by atoms with Crippen LogP contribution in [-0.2, 0) is 0 Å². The summed E-state index contributed by atoms with van der Waals surface area (Å²) in [7, 11) is 0. The van der Waals surface area contributed by atoms with Gasteiger partial charge in [0.25, 0.3) is 0 Å². The maximum Gasteiger partial charge on any atom is 0.127 e. The normalized spacial score (nSPS) is 11.1. The zero-order valence-electron chi connectivity index (χ0n) is 8.34. The highest BCUT2D eigenvalue weighted by molar-refractivity contribution is 9.10. The van der Waals surface area contributed by atoms with Crippen LogP contribution in [0, 0.1) is 13.8 Å². The summed E-state index contributed by atoms with van der Waals surface area (Å²) in [4.78, 5) is 0. The average molecular weight is 256 g/mol. The largest absolute Gasteiger partial charge is 0.507 e. The first-order valence-electron chi connectivity index (χ1n) is 4.43. The summed E-state index contributed by atoms with van der Waals surface area (Å²) < 4.78 is 0.928. The van der Waals surface area contributed by atoms with Crippen molar-refractivity contribution in [2.45, 2.75) is 13.8 Å². The summed E-state index contributed by atoms with van der Waals surface area (Å²) in [5.41, 5.74) is 8.10. The van der Waals surface area contributed by atoms with Gasteiger partial charge in [-0.1, -0.05) is 28.1 Å². The Morgan fingerprint density at radius 3 is 2.71 bits per heavy atom. The fourth-order valence-electron chi connectivity index (χ4n) is 1.27. The van der Waals surface area contributed by atoms with E-state index in [1.807, 2.05) is 32.1 Å². The number of benzene rings is 1. The van der Waals surface area contributed by atoms with Crippen molar-refractivity contribution in [1.82, 2.24) is 0 Å². The average Bonchev–Trinajstić information content (AvgIpc) is 2.14. The standard InChI is InChI=1S/C11H14BrNO/c1-7-6-10(12)8(2)11(14)9(7)4-3-5-13/h3-4,6,14H,5,13H2,1-2H3/b4-3+. The van der Waals surface area contributed by atoms with E-state index in [-0.39, 0.29) is 0 Å². The minimum absolute atomic E-state index is 0.321. The summed E-state index contributed by atoms with van der Waals surface area (Å²) in [6.45, 7) is 4.31. The van der Waals surface area contributed by atoms with Crippen LogP contribution in [0.25, 0.3) is 6.08 Å². The molecule has 3 N–H and O–H groups in total. The lowest BCUT2D eigenvalue weighted by Gasteiger charge is -2.09. The molecule has 0 amide bonds. The van der Waals surface area contributed by atoms with Crippen molar-refractivity contribution < 1.29 is 5.11 Å². The number of phenolic OH excluding ortho intramolecular Hbond substituents is 1. The van der Waals surface area contributed by atoms with Crippen molar-refractivity contribution in [3.63, 3.8) is 0 Å². The van der Waals surface area contributed by atoms with Gasteiger partial charge in [0.1, 0.15) is 5.75 Å². The zero-order chi connectivity index (χ0) is 10.7. The highest BCUT2D eigenvalue weighted by atomic mass is 79.9. The smallest absolute Gasteiger partial charge is 0.127 e. The van der Waals surface area contributed by atoms with Gasteiger partial charge in [0.05, 0.1) is 0 Å². The third kappa shape index (κ3) is 2.16. The molecule has 14 heavy (non-hydrogen) atoms. The molecule has 0 heterocycles. The summed E-state index contributed by atoms with van der Waals surface area (Å²) >= 11 is 3.39. The topological polar surface area (TPSA) is 46.2 Å². The van der Waals surface area contributed by atoms with Crippen LogP contribution in [-0.4, -0.2) is 11.7 Å². The zero-order valence-corrected chi connectivity index (χ0v) is 9.93. The summed E-state index contributed by atoms with van der Waals surface area (Å²) in [6.07, 6.45) is 3.68. The molecule has 0 saturated heterocycles. The van der Waals surface area contributed by atoms with Gasteiger partial charge in [0, 0.05) is 22.1 Å². The van der Waals surface area contributed by atoms with E-state index in [2.05, 4.69) is 15.9 Å². The Hall–Kier alpha value is -0.800. The number of halogens is 1. The van der Waals surface area contributed by atoms with Crippen molar-refractivity contribution in [1.29, 1.82) is 0 Å². The van der Waals surface area contributed by atoms with Gasteiger partial charge < -0.3 is 10.8 Å². The maximum absolute atomic E-state index is 9.86. The molecule has 76 valence electrons. The molecule has 1 aromatic rings. The number of aromatic hydroxyl groups is 1. The molecule has 1 aromatic carbocycles. The molecule has 0 bridgehead atoms. The van der Waals surface area contributed by atoms with E-state index in [4.69, 9.17) is 5.73 Å². The van der Waals surface area contributed by atoms with Gasteiger partial charge in [-0.2, -0.15) is 0 Å². The van der Waals surface area contributed by atoms with E-state index < -0.39 is 0 Å².